The number of benzene rings is 1. The minimum atomic E-state index is -0.911. The molecule has 0 aliphatic heterocycles. The van der Waals surface area contributed by atoms with Crippen LogP contribution in [0.2, 0.25) is 0 Å². The molecule has 1 aromatic heterocycles. The Morgan fingerprint density at radius 1 is 1.08 bits per heavy atom. The van der Waals surface area contributed by atoms with Crippen molar-refractivity contribution in [3.63, 3.8) is 0 Å². The summed E-state index contributed by atoms with van der Waals surface area (Å²) in [5, 5.41) is 12.2. The van der Waals surface area contributed by atoms with Crippen molar-refractivity contribution in [3.05, 3.63) is 66.5 Å². The van der Waals surface area contributed by atoms with Crippen LogP contribution >= 0.6 is 12.4 Å². The van der Waals surface area contributed by atoms with E-state index in [-0.39, 0.29) is 18.3 Å². The smallest absolute Gasteiger partial charge is 0.168 e. The van der Waals surface area contributed by atoms with Gasteiger partial charge < -0.3 is 9.90 Å². The Kier molecular flexibility index (Phi) is 6.38. The van der Waals surface area contributed by atoms with Crippen molar-refractivity contribution in [2.24, 2.45) is 5.92 Å². The van der Waals surface area contributed by atoms with Gasteiger partial charge in [0.15, 0.2) is 12.4 Å². The molecule has 0 spiro atoms. The van der Waals surface area contributed by atoms with E-state index in [1.807, 2.05) is 60.9 Å². The van der Waals surface area contributed by atoms with Crippen LogP contribution in [0.1, 0.15) is 37.7 Å². The molecule has 1 saturated carbocycles. The third kappa shape index (κ3) is 3.62. The number of carbonyl (C=O) groups is 1. The lowest BCUT2D eigenvalue weighted by Crippen LogP contribution is -2.53. The second kappa shape index (κ2) is 8.29. The van der Waals surface area contributed by atoms with Gasteiger partial charge in [-0.1, -0.05) is 49.2 Å². The molecule has 1 aliphatic rings. The molecule has 3 nitrogen and oxygen atoms in total. The van der Waals surface area contributed by atoms with E-state index >= 15 is 0 Å². The van der Waals surface area contributed by atoms with E-state index in [1.165, 1.54) is 0 Å². The molecule has 1 aromatic carbocycles. The lowest BCUT2D eigenvalue weighted by molar-refractivity contribution is -0.698. The highest BCUT2D eigenvalue weighted by Gasteiger charge is 2.43. The van der Waals surface area contributed by atoms with Crippen molar-refractivity contribution in [1.82, 2.24) is 0 Å². The lowest BCUT2D eigenvalue weighted by atomic mass is 9.61. The quantitative estimate of drug-likeness (QED) is 0.782. The van der Waals surface area contributed by atoms with Crippen molar-refractivity contribution in [1.29, 1.82) is 0 Å². The van der Waals surface area contributed by atoms with Gasteiger partial charge in [-0.05, 0) is 24.3 Å². The molecule has 4 heteroatoms. The predicted molar refractivity (Wildman–Crippen MR) is 93.6 cm³/mol. The zero-order valence-electron chi connectivity index (χ0n) is 13.8. The minimum absolute atomic E-state index is 0. The molecule has 0 N–H and O–H groups in total. The molecule has 24 heavy (non-hydrogen) atoms. The average Bonchev–Trinajstić information content (AvgIpc) is 2.61. The molecule has 0 bridgehead atoms. The van der Waals surface area contributed by atoms with E-state index in [2.05, 4.69) is 4.57 Å². The molecule has 2 aromatic rings. The molecule has 128 valence electrons. The fourth-order valence-corrected chi connectivity index (χ4v) is 4.03. The van der Waals surface area contributed by atoms with Gasteiger partial charge >= 0.3 is 0 Å². The predicted octanol–water partition coefficient (Wildman–Crippen LogP) is 2.66. The van der Waals surface area contributed by atoms with E-state index in [9.17, 15) is 9.90 Å². The number of aromatic nitrogens is 1. The van der Waals surface area contributed by atoms with Crippen molar-refractivity contribution in [2.75, 3.05) is 0 Å². The van der Waals surface area contributed by atoms with Crippen LogP contribution in [0.25, 0.3) is 0 Å². The second-order valence-electron chi connectivity index (χ2n) is 6.47. The van der Waals surface area contributed by atoms with Gasteiger partial charge in [0.05, 0.1) is 5.97 Å². The largest absolute Gasteiger partial charge is 0.549 e. The van der Waals surface area contributed by atoms with Gasteiger partial charge in [0.25, 0.3) is 0 Å². The second-order valence-corrected chi connectivity index (χ2v) is 6.47. The van der Waals surface area contributed by atoms with E-state index < -0.39 is 11.4 Å². The highest BCUT2D eigenvalue weighted by Crippen LogP contribution is 2.45. The molecule has 0 amide bonds. The average molecular weight is 346 g/mol. The van der Waals surface area contributed by atoms with Crippen molar-refractivity contribution < 1.29 is 14.5 Å². The number of nitrogens with zero attached hydrogens (tertiary/aromatic N) is 1. The summed E-state index contributed by atoms with van der Waals surface area (Å²) in [6, 6.07) is 15.7. The van der Waals surface area contributed by atoms with Gasteiger partial charge in [-0.3, -0.25) is 0 Å². The van der Waals surface area contributed by atoms with Crippen LogP contribution in [-0.2, 0) is 16.8 Å². The molecule has 0 saturated heterocycles. The first-order valence-corrected chi connectivity index (χ1v) is 8.44. The number of halogens is 1. The summed E-state index contributed by atoms with van der Waals surface area (Å²) in [5.74, 6) is -0.789. The Bertz CT molecular complexity index is 647. The minimum Gasteiger partial charge on any atom is -0.549 e. The summed E-state index contributed by atoms with van der Waals surface area (Å²) in [5.41, 5.74) is 0.0669. The maximum Gasteiger partial charge on any atom is 0.168 e. The Hall–Kier alpha value is -1.87. The number of aryl methyl sites for hydroxylation is 1. The number of carboxylic acids is 1. The van der Waals surface area contributed by atoms with Crippen molar-refractivity contribution in [3.8, 4) is 0 Å². The van der Waals surface area contributed by atoms with Crippen LogP contribution in [0.4, 0.5) is 0 Å². The Labute approximate surface area is 149 Å². The number of rotatable bonds is 5. The van der Waals surface area contributed by atoms with Gasteiger partial charge in [0, 0.05) is 24.0 Å². The summed E-state index contributed by atoms with van der Waals surface area (Å²) < 4.78 is 2.12. The van der Waals surface area contributed by atoms with E-state index in [1.54, 1.807) is 0 Å². The van der Waals surface area contributed by atoms with Crippen LogP contribution in [0.5, 0.6) is 0 Å². The van der Waals surface area contributed by atoms with Crippen LogP contribution in [0, 0.1) is 5.92 Å². The number of hydrogen-bond acceptors (Lipinski definition) is 2. The number of aliphatic carboxylic acids is 1. The third-order valence-electron chi connectivity index (χ3n) is 5.24. The van der Waals surface area contributed by atoms with E-state index in [0.29, 0.717) is 6.42 Å². The molecular formula is C20H24ClNO2. The zero-order valence-corrected chi connectivity index (χ0v) is 14.6. The number of hydrogen-bond donors (Lipinski definition) is 0. The van der Waals surface area contributed by atoms with Crippen molar-refractivity contribution >= 4 is 18.4 Å². The van der Waals surface area contributed by atoms with Crippen molar-refractivity contribution in [2.45, 2.75) is 44.1 Å². The fourth-order valence-electron chi connectivity index (χ4n) is 4.03. The highest BCUT2D eigenvalue weighted by atomic mass is 35.5. The maximum absolute atomic E-state index is 12.2. The standard InChI is InChI=1S/C20H23NO2.ClH/c22-19(23)20(17-9-3-1-4-10-17)13-6-5-11-18(20)12-16-21-14-7-2-8-15-21;/h1-4,7-10,14-15,18H,5-6,11-13,16H2;1H. The summed E-state index contributed by atoms with van der Waals surface area (Å²) in [7, 11) is 0. The Balaban J connectivity index is 0.00000208. The molecule has 1 aliphatic carbocycles. The summed E-state index contributed by atoms with van der Waals surface area (Å²) in [6.07, 6.45) is 8.62. The first-order chi connectivity index (χ1) is 11.2. The lowest BCUT2D eigenvalue weighted by Gasteiger charge is -2.45. The van der Waals surface area contributed by atoms with Gasteiger partial charge in [0.1, 0.15) is 6.54 Å². The number of pyridine rings is 1. The van der Waals surface area contributed by atoms with Crippen LogP contribution in [0.3, 0.4) is 0 Å². The fraction of sp³-hybridized carbons (Fsp3) is 0.400. The molecule has 3 rings (SSSR count). The monoisotopic (exact) mass is 345 g/mol. The first-order valence-electron chi connectivity index (χ1n) is 8.44. The van der Waals surface area contributed by atoms with E-state index in [4.69, 9.17) is 0 Å². The maximum atomic E-state index is 12.2. The Morgan fingerprint density at radius 3 is 2.42 bits per heavy atom. The van der Waals surface area contributed by atoms with Crippen LogP contribution in [0.15, 0.2) is 60.9 Å². The highest BCUT2D eigenvalue weighted by molar-refractivity contribution is 5.85. The Morgan fingerprint density at radius 2 is 1.75 bits per heavy atom. The summed E-state index contributed by atoms with van der Waals surface area (Å²) in [6.45, 7) is 0.841. The van der Waals surface area contributed by atoms with Crippen LogP contribution in [-0.4, -0.2) is 5.97 Å². The van der Waals surface area contributed by atoms with Gasteiger partial charge in [-0.2, -0.15) is 0 Å². The van der Waals surface area contributed by atoms with Gasteiger partial charge in [0.2, 0.25) is 0 Å². The first kappa shape index (κ1) is 18.5. The number of carbonyl (C=O) groups excluding carboxylic acids is 1. The summed E-state index contributed by atoms with van der Waals surface area (Å²) >= 11 is 0. The van der Waals surface area contributed by atoms with Crippen LogP contribution < -0.4 is 9.67 Å². The molecule has 2 unspecified atom stereocenters. The molecule has 0 radical (unpaired) electrons. The van der Waals surface area contributed by atoms with E-state index in [0.717, 1.165) is 37.8 Å². The zero-order chi connectivity index (χ0) is 16.1. The third-order valence-corrected chi connectivity index (χ3v) is 5.24. The van der Waals surface area contributed by atoms with Gasteiger partial charge in [-0.25, -0.2) is 4.57 Å². The molecule has 2 atom stereocenters. The molecular weight excluding hydrogens is 322 g/mol. The molecule has 1 heterocycles. The van der Waals surface area contributed by atoms with Gasteiger partial charge in [-0.15, -0.1) is 12.4 Å². The SMILES string of the molecule is Cl.O=C([O-])C1(c2ccccc2)CCCCC1CC[n+]1ccccc1. The topological polar surface area (TPSA) is 44.0 Å². The normalized spacial score (nSPS) is 23.2. The summed E-state index contributed by atoms with van der Waals surface area (Å²) in [4.78, 5) is 12.2. The number of carboxylic acid groups (broad SMARTS) is 1. The molecule has 1 fully saturated rings.